The molecule has 2 nitrogen and oxygen atoms in total. The number of Topliss-reactive ketones (excluding diaryl/α,β-unsaturated/α-hetero) is 1. The monoisotopic (exact) mass is 258 g/mol. The SMILES string of the molecule is CC(C)(C)C(O)C(=O)Cc1cc(F)ccc1Cl. The maximum Gasteiger partial charge on any atom is 0.166 e. The van der Waals surface area contributed by atoms with Crippen LogP contribution in [-0.2, 0) is 11.2 Å². The van der Waals surface area contributed by atoms with Gasteiger partial charge in [0.05, 0.1) is 0 Å². The van der Waals surface area contributed by atoms with Gasteiger partial charge in [-0.3, -0.25) is 4.79 Å². The first-order chi connectivity index (χ1) is 7.71. The number of benzene rings is 1. The van der Waals surface area contributed by atoms with Gasteiger partial charge < -0.3 is 5.11 Å². The van der Waals surface area contributed by atoms with Crippen LogP contribution in [0.5, 0.6) is 0 Å². The maximum absolute atomic E-state index is 13.0. The highest BCUT2D eigenvalue weighted by Gasteiger charge is 2.29. The molecule has 4 heteroatoms. The summed E-state index contributed by atoms with van der Waals surface area (Å²) in [7, 11) is 0. The van der Waals surface area contributed by atoms with E-state index in [9.17, 15) is 14.3 Å². The molecular formula is C13H16ClFO2. The summed E-state index contributed by atoms with van der Waals surface area (Å²) >= 11 is 5.86. The number of carbonyl (C=O) groups excluding carboxylic acids is 1. The lowest BCUT2D eigenvalue weighted by Crippen LogP contribution is -2.35. The fourth-order valence-electron chi connectivity index (χ4n) is 1.45. The van der Waals surface area contributed by atoms with Gasteiger partial charge >= 0.3 is 0 Å². The predicted molar refractivity (Wildman–Crippen MR) is 65.6 cm³/mol. The molecule has 0 aliphatic carbocycles. The van der Waals surface area contributed by atoms with Gasteiger partial charge in [-0.05, 0) is 29.2 Å². The van der Waals surface area contributed by atoms with Gasteiger partial charge in [0.1, 0.15) is 11.9 Å². The van der Waals surface area contributed by atoms with E-state index in [4.69, 9.17) is 11.6 Å². The molecule has 17 heavy (non-hydrogen) atoms. The fourth-order valence-corrected chi connectivity index (χ4v) is 1.63. The van der Waals surface area contributed by atoms with Crippen LogP contribution in [0.15, 0.2) is 18.2 Å². The van der Waals surface area contributed by atoms with Crippen molar-refractivity contribution in [3.8, 4) is 0 Å². The molecule has 0 aromatic heterocycles. The van der Waals surface area contributed by atoms with E-state index < -0.39 is 17.3 Å². The van der Waals surface area contributed by atoms with Crippen LogP contribution >= 0.6 is 11.6 Å². The van der Waals surface area contributed by atoms with E-state index in [-0.39, 0.29) is 12.2 Å². The van der Waals surface area contributed by atoms with Crippen molar-refractivity contribution in [2.24, 2.45) is 5.41 Å². The molecule has 0 aliphatic heterocycles. The average Bonchev–Trinajstić information content (AvgIpc) is 2.21. The molecule has 1 rings (SSSR count). The van der Waals surface area contributed by atoms with Gasteiger partial charge in [-0.2, -0.15) is 0 Å². The summed E-state index contributed by atoms with van der Waals surface area (Å²) in [4.78, 5) is 11.8. The molecule has 0 spiro atoms. The van der Waals surface area contributed by atoms with E-state index in [0.717, 1.165) is 0 Å². The topological polar surface area (TPSA) is 37.3 Å². The Kier molecular flexibility index (Phi) is 4.28. The molecule has 1 aromatic carbocycles. The van der Waals surface area contributed by atoms with Gasteiger partial charge in [0.25, 0.3) is 0 Å². The fraction of sp³-hybridized carbons (Fsp3) is 0.462. The van der Waals surface area contributed by atoms with E-state index in [2.05, 4.69) is 0 Å². The summed E-state index contributed by atoms with van der Waals surface area (Å²) in [6, 6.07) is 3.86. The zero-order chi connectivity index (χ0) is 13.2. The van der Waals surface area contributed by atoms with Crippen molar-refractivity contribution in [2.45, 2.75) is 33.3 Å². The number of hydrogen-bond acceptors (Lipinski definition) is 2. The van der Waals surface area contributed by atoms with Crippen molar-refractivity contribution in [2.75, 3.05) is 0 Å². The highest BCUT2D eigenvalue weighted by molar-refractivity contribution is 6.31. The van der Waals surface area contributed by atoms with Crippen molar-refractivity contribution >= 4 is 17.4 Å². The molecular weight excluding hydrogens is 243 g/mol. The van der Waals surface area contributed by atoms with Gasteiger partial charge in [0.15, 0.2) is 5.78 Å². The zero-order valence-electron chi connectivity index (χ0n) is 10.1. The third-order valence-electron chi connectivity index (χ3n) is 2.50. The van der Waals surface area contributed by atoms with Crippen molar-refractivity contribution in [1.82, 2.24) is 0 Å². The molecule has 0 saturated heterocycles. The summed E-state index contributed by atoms with van der Waals surface area (Å²) in [6.45, 7) is 5.30. The molecule has 0 saturated carbocycles. The van der Waals surface area contributed by atoms with Crippen molar-refractivity contribution < 1.29 is 14.3 Å². The third kappa shape index (κ3) is 3.79. The van der Waals surface area contributed by atoms with E-state index in [1.807, 2.05) is 0 Å². The first-order valence-electron chi connectivity index (χ1n) is 5.36. The summed E-state index contributed by atoms with van der Waals surface area (Å²) in [5.74, 6) is -0.799. The number of aliphatic hydroxyl groups is 1. The van der Waals surface area contributed by atoms with E-state index >= 15 is 0 Å². The van der Waals surface area contributed by atoms with Crippen LogP contribution in [-0.4, -0.2) is 17.0 Å². The summed E-state index contributed by atoms with van der Waals surface area (Å²) in [6.07, 6.45) is -1.14. The van der Waals surface area contributed by atoms with Crippen LogP contribution in [0.3, 0.4) is 0 Å². The summed E-state index contributed by atoms with van der Waals surface area (Å²) < 4.78 is 13.0. The van der Waals surface area contributed by atoms with Gasteiger partial charge in [0, 0.05) is 11.4 Å². The quantitative estimate of drug-likeness (QED) is 0.905. The second-order valence-electron chi connectivity index (χ2n) is 5.15. The Labute approximate surface area is 105 Å². The van der Waals surface area contributed by atoms with Crippen LogP contribution in [0.1, 0.15) is 26.3 Å². The Bertz CT molecular complexity index is 424. The normalized spacial score (nSPS) is 13.5. The molecule has 1 atom stereocenters. The second-order valence-corrected chi connectivity index (χ2v) is 5.55. The minimum Gasteiger partial charge on any atom is -0.385 e. The van der Waals surface area contributed by atoms with Crippen LogP contribution in [0.25, 0.3) is 0 Å². The largest absolute Gasteiger partial charge is 0.385 e. The summed E-state index contributed by atoms with van der Waals surface area (Å²) in [5.41, 5.74) is -0.128. The minimum absolute atomic E-state index is 0.0605. The number of ketones is 1. The second kappa shape index (κ2) is 5.15. The Balaban J connectivity index is 2.85. The number of halogens is 2. The van der Waals surface area contributed by atoms with Crippen LogP contribution in [0, 0.1) is 11.2 Å². The maximum atomic E-state index is 13.0. The first kappa shape index (κ1) is 14.1. The molecule has 1 unspecified atom stereocenters. The molecule has 94 valence electrons. The molecule has 0 amide bonds. The molecule has 0 aliphatic rings. The number of hydrogen-bond donors (Lipinski definition) is 1. The van der Waals surface area contributed by atoms with Crippen molar-refractivity contribution in [1.29, 1.82) is 0 Å². The lowest BCUT2D eigenvalue weighted by Gasteiger charge is -2.24. The van der Waals surface area contributed by atoms with E-state index in [1.165, 1.54) is 18.2 Å². The Morgan fingerprint density at radius 1 is 1.47 bits per heavy atom. The van der Waals surface area contributed by atoms with E-state index in [0.29, 0.717) is 10.6 Å². The molecule has 0 radical (unpaired) electrons. The highest BCUT2D eigenvalue weighted by Crippen LogP contribution is 2.23. The van der Waals surface area contributed by atoms with Gasteiger partial charge in [0.2, 0.25) is 0 Å². The molecule has 0 fully saturated rings. The van der Waals surface area contributed by atoms with Crippen molar-refractivity contribution in [3.63, 3.8) is 0 Å². The molecule has 0 heterocycles. The zero-order valence-corrected chi connectivity index (χ0v) is 10.9. The van der Waals surface area contributed by atoms with Gasteiger partial charge in [-0.15, -0.1) is 0 Å². The van der Waals surface area contributed by atoms with Crippen LogP contribution < -0.4 is 0 Å². The Morgan fingerprint density at radius 2 is 2.06 bits per heavy atom. The number of rotatable bonds is 3. The first-order valence-corrected chi connectivity index (χ1v) is 5.74. The van der Waals surface area contributed by atoms with Gasteiger partial charge in [-0.1, -0.05) is 32.4 Å². The molecule has 0 bridgehead atoms. The van der Waals surface area contributed by atoms with Gasteiger partial charge in [-0.25, -0.2) is 4.39 Å². The van der Waals surface area contributed by atoms with Crippen LogP contribution in [0.2, 0.25) is 5.02 Å². The summed E-state index contributed by atoms with van der Waals surface area (Å²) in [5, 5.41) is 10.1. The number of carbonyl (C=O) groups is 1. The third-order valence-corrected chi connectivity index (χ3v) is 2.87. The Hall–Kier alpha value is -0.930. The van der Waals surface area contributed by atoms with E-state index in [1.54, 1.807) is 20.8 Å². The lowest BCUT2D eigenvalue weighted by atomic mass is 9.85. The molecule has 1 N–H and O–H groups in total. The van der Waals surface area contributed by atoms with Crippen LogP contribution in [0.4, 0.5) is 4.39 Å². The lowest BCUT2D eigenvalue weighted by molar-refractivity contribution is -0.131. The molecule has 1 aromatic rings. The predicted octanol–water partition coefficient (Wildman–Crippen LogP) is 3.00. The van der Waals surface area contributed by atoms with Crippen molar-refractivity contribution in [3.05, 3.63) is 34.6 Å². The highest BCUT2D eigenvalue weighted by atomic mass is 35.5. The number of aliphatic hydroxyl groups excluding tert-OH is 1. The minimum atomic E-state index is -1.08. The standard InChI is InChI=1S/C13H16ClFO2/c1-13(2,3)12(17)11(16)7-8-6-9(15)4-5-10(8)14/h4-6,12,17H,7H2,1-3H3. The Morgan fingerprint density at radius 3 is 2.59 bits per heavy atom. The smallest absolute Gasteiger partial charge is 0.166 e. The average molecular weight is 259 g/mol.